The highest BCUT2D eigenvalue weighted by molar-refractivity contribution is 7.99. The maximum atomic E-state index is 12.3. The molecule has 1 aromatic carbocycles. The Morgan fingerprint density at radius 1 is 1.36 bits per heavy atom. The quantitative estimate of drug-likeness (QED) is 0.870. The molecule has 4 atom stereocenters. The summed E-state index contributed by atoms with van der Waals surface area (Å²) in [5, 5.41) is 3.08. The molecule has 2 amide bonds. The molecule has 3 aliphatic heterocycles. The van der Waals surface area contributed by atoms with E-state index in [9.17, 15) is 9.59 Å². The summed E-state index contributed by atoms with van der Waals surface area (Å²) >= 11 is 1.57. The van der Waals surface area contributed by atoms with Crippen molar-refractivity contribution in [2.45, 2.75) is 24.5 Å². The predicted molar refractivity (Wildman–Crippen MR) is 97.6 cm³/mol. The number of nitrogens with zero attached hydrogens (tertiary/aromatic N) is 1. The number of ether oxygens (including phenoxy) is 1. The summed E-state index contributed by atoms with van der Waals surface area (Å²) in [5.41, 5.74) is 0.519. The van der Waals surface area contributed by atoms with E-state index in [0.717, 1.165) is 25.9 Å². The number of carbonyl (C=O) groups is 2. The van der Waals surface area contributed by atoms with Gasteiger partial charge in [0.25, 0.3) is 5.91 Å². The van der Waals surface area contributed by atoms with Crippen molar-refractivity contribution in [3.05, 3.63) is 35.9 Å². The van der Waals surface area contributed by atoms with Crippen LogP contribution in [0, 0.1) is 11.8 Å². The molecule has 2 bridgehead atoms. The topological polar surface area (TPSA) is 58.6 Å². The molecule has 6 heteroatoms. The number of benzene rings is 1. The van der Waals surface area contributed by atoms with Gasteiger partial charge in [0.1, 0.15) is 0 Å². The number of hydrogen-bond acceptors (Lipinski definition) is 4. The van der Waals surface area contributed by atoms with Crippen molar-refractivity contribution in [2.24, 2.45) is 11.8 Å². The van der Waals surface area contributed by atoms with Crippen LogP contribution in [-0.2, 0) is 9.53 Å². The lowest BCUT2D eigenvalue weighted by Gasteiger charge is -2.29. The Labute approximate surface area is 152 Å². The minimum Gasteiger partial charge on any atom is -0.369 e. The van der Waals surface area contributed by atoms with Crippen LogP contribution < -0.4 is 5.32 Å². The number of fused-ring (bicyclic) bond motifs is 1. The van der Waals surface area contributed by atoms with Crippen molar-refractivity contribution in [1.82, 2.24) is 10.2 Å². The van der Waals surface area contributed by atoms with Crippen LogP contribution in [0.15, 0.2) is 30.3 Å². The second-order valence-electron chi connectivity index (χ2n) is 7.31. The number of rotatable bonds is 5. The average molecular weight is 360 g/mol. The molecule has 0 radical (unpaired) electrons. The Bertz CT molecular complexity index is 668. The summed E-state index contributed by atoms with van der Waals surface area (Å²) in [7, 11) is 0. The Kier molecular flexibility index (Phi) is 4.50. The highest BCUT2D eigenvalue weighted by Crippen LogP contribution is 2.54. The van der Waals surface area contributed by atoms with Crippen LogP contribution >= 0.6 is 11.8 Å². The summed E-state index contributed by atoms with van der Waals surface area (Å²) < 4.78 is 6.34. The molecule has 3 saturated heterocycles. The van der Waals surface area contributed by atoms with Gasteiger partial charge in [-0.3, -0.25) is 9.59 Å². The van der Waals surface area contributed by atoms with Gasteiger partial charge in [0, 0.05) is 30.5 Å². The molecule has 4 rings (SSSR count). The number of amides is 2. The van der Waals surface area contributed by atoms with E-state index >= 15 is 0 Å². The van der Waals surface area contributed by atoms with Crippen molar-refractivity contribution < 1.29 is 14.3 Å². The van der Waals surface area contributed by atoms with E-state index in [1.807, 2.05) is 41.5 Å². The van der Waals surface area contributed by atoms with Gasteiger partial charge in [0.15, 0.2) is 0 Å². The molecule has 0 aromatic heterocycles. The first-order valence-electron chi connectivity index (χ1n) is 8.91. The second-order valence-corrected chi connectivity index (χ2v) is 8.18. The molecular formula is C19H24N2O3S. The average Bonchev–Trinajstić information content (AvgIpc) is 3.29. The van der Waals surface area contributed by atoms with Gasteiger partial charge >= 0.3 is 0 Å². The monoisotopic (exact) mass is 360 g/mol. The van der Waals surface area contributed by atoms with Crippen molar-refractivity contribution in [1.29, 1.82) is 0 Å². The lowest BCUT2D eigenvalue weighted by Crippen LogP contribution is -2.41. The molecule has 0 aliphatic carbocycles. The standard InChI is InChI=1S/C19H24N2O3S/c1-25-11-17(22)21-10-15-14(16-7-8-19(15,12-21)24-16)9-20-18(23)13-5-3-2-4-6-13/h2-6,14-16H,7-12H2,1H3,(H,20,23)/t14-,15+,16+,19+/m0/s1. The van der Waals surface area contributed by atoms with Gasteiger partial charge in [-0.2, -0.15) is 11.8 Å². The molecule has 25 heavy (non-hydrogen) atoms. The molecule has 1 N–H and O–H groups in total. The minimum absolute atomic E-state index is 0.0364. The molecule has 0 saturated carbocycles. The first-order chi connectivity index (χ1) is 12.1. The van der Waals surface area contributed by atoms with Gasteiger partial charge in [-0.1, -0.05) is 18.2 Å². The van der Waals surface area contributed by atoms with Crippen LogP contribution in [0.3, 0.4) is 0 Å². The normalized spacial score (nSPS) is 32.7. The fourth-order valence-corrected chi connectivity index (χ4v) is 5.20. The largest absolute Gasteiger partial charge is 0.369 e. The van der Waals surface area contributed by atoms with E-state index in [1.54, 1.807) is 11.8 Å². The Hall–Kier alpha value is -1.53. The fourth-order valence-electron chi connectivity index (χ4n) is 4.77. The first kappa shape index (κ1) is 16.9. The van der Waals surface area contributed by atoms with Crippen LogP contribution in [0.1, 0.15) is 23.2 Å². The molecule has 134 valence electrons. The molecular weight excluding hydrogens is 336 g/mol. The minimum atomic E-state index is -0.166. The lowest BCUT2D eigenvalue weighted by atomic mass is 9.73. The molecule has 3 fully saturated rings. The third kappa shape index (κ3) is 2.95. The lowest BCUT2D eigenvalue weighted by molar-refractivity contribution is -0.128. The summed E-state index contributed by atoms with van der Waals surface area (Å²) in [6.07, 6.45) is 4.25. The number of thioether (sulfide) groups is 1. The zero-order chi connectivity index (χ0) is 17.4. The summed E-state index contributed by atoms with van der Waals surface area (Å²) in [6, 6.07) is 9.30. The fraction of sp³-hybridized carbons (Fsp3) is 0.579. The summed E-state index contributed by atoms with van der Waals surface area (Å²) in [4.78, 5) is 26.6. The van der Waals surface area contributed by atoms with Crippen LogP contribution in [0.2, 0.25) is 0 Å². The highest BCUT2D eigenvalue weighted by Gasteiger charge is 2.63. The van der Waals surface area contributed by atoms with Crippen LogP contribution in [0.25, 0.3) is 0 Å². The smallest absolute Gasteiger partial charge is 0.251 e. The second kappa shape index (κ2) is 6.65. The third-order valence-electron chi connectivity index (χ3n) is 5.94. The van der Waals surface area contributed by atoms with Gasteiger partial charge in [0.05, 0.1) is 24.0 Å². The van der Waals surface area contributed by atoms with E-state index in [1.165, 1.54) is 0 Å². The van der Waals surface area contributed by atoms with Gasteiger partial charge < -0.3 is 15.0 Å². The molecule has 1 spiro atoms. The molecule has 1 aromatic rings. The number of hydrogen-bond donors (Lipinski definition) is 1. The Morgan fingerprint density at radius 3 is 2.92 bits per heavy atom. The molecule has 5 nitrogen and oxygen atoms in total. The number of likely N-dealkylation sites (tertiary alicyclic amines) is 1. The van der Waals surface area contributed by atoms with Gasteiger partial charge in [0.2, 0.25) is 5.91 Å². The van der Waals surface area contributed by atoms with E-state index < -0.39 is 0 Å². The van der Waals surface area contributed by atoms with Gasteiger partial charge in [-0.15, -0.1) is 0 Å². The Balaban J connectivity index is 1.41. The van der Waals surface area contributed by atoms with Gasteiger partial charge in [-0.25, -0.2) is 0 Å². The van der Waals surface area contributed by atoms with E-state index in [4.69, 9.17) is 4.74 Å². The highest BCUT2D eigenvalue weighted by atomic mass is 32.2. The first-order valence-corrected chi connectivity index (χ1v) is 10.3. The van der Waals surface area contributed by atoms with Crippen LogP contribution in [0.4, 0.5) is 0 Å². The van der Waals surface area contributed by atoms with Gasteiger partial charge in [-0.05, 0) is 31.2 Å². The SMILES string of the molecule is CSCC(=O)N1C[C@@H]2[C@H](CNC(=O)c3ccccc3)[C@H]3CC[C@]2(C1)O3. The Morgan fingerprint density at radius 2 is 2.16 bits per heavy atom. The molecule has 3 heterocycles. The number of carbonyl (C=O) groups excluding carboxylic acids is 2. The third-order valence-corrected chi connectivity index (χ3v) is 6.47. The maximum absolute atomic E-state index is 12.3. The molecule has 0 unspecified atom stereocenters. The van der Waals surface area contributed by atoms with Crippen molar-refractivity contribution in [2.75, 3.05) is 31.6 Å². The summed E-state index contributed by atoms with van der Waals surface area (Å²) in [5.74, 6) is 1.34. The molecule has 3 aliphatic rings. The van der Waals surface area contributed by atoms with Crippen molar-refractivity contribution >= 4 is 23.6 Å². The maximum Gasteiger partial charge on any atom is 0.251 e. The van der Waals surface area contributed by atoms with E-state index in [2.05, 4.69) is 5.32 Å². The van der Waals surface area contributed by atoms with E-state index in [0.29, 0.717) is 29.7 Å². The zero-order valence-electron chi connectivity index (χ0n) is 14.4. The van der Waals surface area contributed by atoms with Crippen LogP contribution in [-0.4, -0.2) is 60.1 Å². The van der Waals surface area contributed by atoms with Crippen molar-refractivity contribution in [3.8, 4) is 0 Å². The summed E-state index contributed by atoms with van der Waals surface area (Å²) in [6.45, 7) is 2.10. The zero-order valence-corrected chi connectivity index (χ0v) is 15.3. The van der Waals surface area contributed by atoms with Crippen LogP contribution in [0.5, 0.6) is 0 Å². The predicted octanol–water partition coefficient (Wildman–Crippen LogP) is 1.79. The number of nitrogens with one attached hydrogen (secondary N) is 1. The van der Waals surface area contributed by atoms with Crippen molar-refractivity contribution in [3.63, 3.8) is 0 Å². The van der Waals surface area contributed by atoms with E-state index in [-0.39, 0.29) is 23.5 Å².